The van der Waals surface area contributed by atoms with Crippen LogP contribution in [0.3, 0.4) is 0 Å². The number of aliphatic hydroxyl groups excluding tert-OH is 2. The predicted molar refractivity (Wildman–Crippen MR) is 107 cm³/mol. The summed E-state index contributed by atoms with van der Waals surface area (Å²) < 4.78 is 0. The van der Waals surface area contributed by atoms with Crippen molar-refractivity contribution in [3.63, 3.8) is 0 Å². The standard InChI is InChI=1S/C22H36N2O4/c1-21-7-5-13(24-28-10-9-23)11-17(21)14(12-25)20(27)19-15-3-4-18(26)22(15,2)8-6-16(19)21/h14-17,19-20,25,27H,3-12,23H2,1-2H3/t14-,15+,16+,17?,19+,20-,21-,22+/m1/s1. The van der Waals surface area contributed by atoms with Crippen molar-refractivity contribution in [2.45, 2.75) is 64.9 Å². The fraction of sp³-hybridized carbons (Fsp3) is 0.909. The Labute approximate surface area is 167 Å². The summed E-state index contributed by atoms with van der Waals surface area (Å²) in [7, 11) is 0. The van der Waals surface area contributed by atoms with Gasteiger partial charge in [0.1, 0.15) is 12.4 Å². The average Bonchev–Trinajstić information content (AvgIpc) is 2.98. The molecule has 4 N–H and O–H groups in total. The fourth-order valence-electron chi connectivity index (χ4n) is 7.53. The molecule has 0 aromatic rings. The van der Waals surface area contributed by atoms with Crippen LogP contribution in [0.2, 0.25) is 0 Å². The molecule has 0 saturated heterocycles. The first kappa shape index (κ1) is 20.3. The number of fused-ring (bicyclic) bond motifs is 5. The van der Waals surface area contributed by atoms with Crippen molar-refractivity contribution in [1.29, 1.82) is 0 Å². The van der Waals surface area contributed by atoms with Gasteiger partial charge < -0.3 is 20.8 Å². The highest BCUT2D eigenvalue weighted by molar-refractivity contribution is 5.87. The highest BCUT2D eigenvalue weighted by Crippen LogP contribution is 2.66. The molecule has 4 aliphatic rings. The number of nitrogens with two attached hydrogens (primary N) is 1. The van der Waals surface area contributed by atoms with Crippen LogP contribution in [-0.2, 0) is 9.63 Å². The number of carbonyl (C=O) groups is 1. The summed E-state index contributed by atoms with van der Waals surface area (Å²) in [6.45, 7) is 5.33. The molecule has 0 aromatic heterocycles. The number of nitrogens with zero attached hydrogens (tertiary/aromatic N) is 1. The molecule has 0 heterocycles. The number of carbonyl (C=O) groups excluding carboxylic acids is 1. The highest BCUT2D eigenvalue weighted by Gasteiger charge is 2.64. The molecule has 0 aromatic carbocycles. The van der Waals surface area contributed by atoms with Gasteiger partial charge in [-0.25, -0.2) is 0 Å². The molecule has 6 heteroatoms. The lowest BCUT2D eigenvalue weighted by atomic mass is 9.42. The van der Waals surface area contributed by atoms with E-state index in [1.54, 1.807) is 0 Å². The van der Waals surface area contributed by atoms with E-state index in [4.69, 9.17) is 10.6 Å². The minimum atomic E-state index is -0.548. The molecule has 158 valence electrons. The summed E-state index contributed by atoms with van der Waals surface area (Å²) in [6.07, 6.45) is 5.61. The van der Waals surface area contributed by atoms with Crippen molar-refractivity contribution in [3.8, 4) is 0 Å². The second kappa shape index (κ2) is 7.37. The Morgan fingerprint density at radius 3 is 2.68 bits per heavy atom. The molecule has 0 bridgehead atoms. The molecule has 8 atom stereocenters. The molecule has 28 heavy (non-hydrogen) atoms. The molecule has 0 amide bonds. The van der Waals surface area contributed by atoms with Crippen LogP contribution in [0.4, 0.5) is 0 Å². The third-order valence-electron chi connectivity index (χ3n) is 9.11. The third-order valence-corrected chi connectivity index (χ3v) is 9.11. The maximum atomic E-state index is 12.6. The Bertz CT molecular complexity index is 652. The Balaban J connectivity index is 1.64. The van der Waals surface area contributed by atoms with Gasteiger partial charge in [0.2, 0.25) is 0 Å². The van der Waals surface area contributed by atoms with Crippen molar-refractivity contribution in [1.82, 2.24) is 0 Å². The molecule has 4 rings (SSSR count). The van der Waals surface area contributed by atoms with Crippen LogP contribution >= 0.6 is 0 Å². The number of hydrogen-bond donors (Lipinski definition) is 3. The van der Waals surface area contributed by atoms with Crippen LogP contribution in [0, 0.1) is 40.4 Å². The molecule has 0 radical (unpaired) electrons. The van der Waals surface area contributed by atoms with Crippen LogP contribution in [0.5, 0.6) is 0 Å². The van der Waals surface area contributed by atoms with E-state index < -0.39 is 6.10 Å². The summed E-state index contributed by atoms with van der Waals surface area (Å²) in [4.78, 5) is 17.9. The number of rotatable bonds is 4. The Morgan fingerprint density at radius 1 is 1.18 bits per heavy atom. The molecule has 1 unspecified atom stereocenters. The van der Waals surface area contributed by atoms with Crippen molar-refractivity contribution in [2.24, 2.45) is 51.3 Å². The zero-order valence-corrected chi connectivity index (χ0v) is 17.3. The van der Waals surface area contributed by atoms with Gasteiger partial charge in [0.15, 0.2) is 0 Å². The number of aliphatic hydroxyl groups is 2. The van der Waals surface area contributed by atoms with E-state index in [1.165, 1.54) is 0 Å². The van der Waals surface area contributed by atoms with Crippen LogP contribution in [0.25, 0.3) is 0 Å². The van der Waals surface area contributed by atoms with E-state index >= 15 is 0 Å². The third kappa shape index (κ3) is 2.86. The Hall–Kier alpha value is -0.980. The molecular formula is C22H36N2O4. The lowest BCUT2D eigenvalue weighted by Gasteiger charge is -2.63. The quantitative estimate of drug-likeness (QED) is 0.502. The maximum absolute atomic E-state index is 12.6. The SMILES string of the molecule is C[C@]12CCC(=NOCCN)CC1[C@@H](CO)[C@@H](O)[C@@H]1[C@@H]2CC[C@]2(C)C(=O)CC[C@@H]12. The van der Waals surface area contributed by atoms with E-state index in [1.807, 2.05) is 0 Å². The second-order valence-electron chi connectivity index (χ2n) is 10.1. The predicted octanol–water partition coefficient (Wildman–Crippen LogP) is 2.12. The summed E-state index contributed by atoms with van der Waals surface area (Å²) in [5.74, 6) is 1.20. The summed E-state index contributed by atoms with van der Waals surface area (Å²) in [5, 5.41) is 26.0. The summed E-state index contributed by atoms with van der Waals surface area (Å²) in [6, 6.07) is 0. The monoisotopic (exact) mass is 392 g/mol. The smallest absolute Gasteiger partial charge is 0.139 e. The van der Waals surface area contributed by atoms with Gasteiger partial charge in [-0.1, -0.05) is 19.0 Å². The van der Waals surface area contributed by atoms with E-state index in [2.05, 4.69) is 19.0 Å². The van der Waals surface area contributed by atoms with Gasteiger partial charge in [0, 0.05) is 30.9 Å². The lowest BCUT2D eigenvalue weighted by molar-refractivity contribution is -0.188. The largest absolute Gasteiger partial charge is 0.396 e. The van der Waals surface area contributed by atoms with Crippen molar-refractivity contribution < 1.29 is 19.8 Å². The van der Waals surface area contributed by atoms with E-state index in [0.717, 1.165) is 44.2 Å². The normalized spacial score (nSPS) is 49.5. The maximum Gasteiger partial charge on any atom is 0.139 e. The van der Waals surface area contributed by atoms with E-state index in [-0.39, 0.29) is 41.1 Å². The van der Waals surface area contributed by atoms with E-state index in [9.17, 15) is 15.0 Å². The average molecular weight is 393 g/mol. The number of hydrogen-bond acceptors (Lipinski definition) is 6. The van der Waals surface area contributed by atoms with Crippen molar-refractivity contribution >= 4 is 11.5 Å². The zero-order valence-electron chi connectivity index (χ0n) is 17.3. The topological polar surface area (TPSA) is 105 Å². The van der Waals surface area contributed by atoms with Gasteiger partial charge in [0.05, 0.1) is 11.8 Å². The molecular weight excluding hydrogens is 356 g/mol. The van der Waals surface area contributed by atoms with Gasteiger partial charge in [-0.15, -0.1) is 0 Å². The first-order chi connectivity index (χ1) is 13.4. The molecule has 4 saturated carbocycles. The minimum Gasteiger partial charge on any atom is -0.396 e. The number of ketones is 1. The molecule has 4 aliphatic carbocycles. The van der Waals surface area contributed by atoms with Gasteiger partial charge in [-0.2, -0.15) is 0 Å². The van der Waals surface area contributed by atoms with E-state index in [0.29, 0.717) is 31.3 Å². The van der Waals surface area contributed by atoms with Crippen LogP contribution in [-0.4, -0.2) is 47.6 Å². The Morgan fingerprint density at radius 2 is 1.96 bits per heavy atom. The first-order valence-electron chi connectivity index (χ1n) is 11.1. The number of Topliss-reactive ketones (excluding diaryl/α,β-unsaturated/α-hetero) is 1. The van der Waals surface area contributed by atoms with Crippen LogP contribution in [0.15, 0.2) is 5.16 Å². The van der Waals surface area contributed by atoms with Crippen LogP contribution in [0.1, 0.15) is 58.8 Å². The molecule has 0 spiro atoms. The van der Waals surface area contributed by atoms with Gasteiger partial charge in [-0.3, -0.25) is 4.79 Å². The summed E-state index contributed by atoms with van der Waals surface area (Å²) >= 11 is 0. The fourth-order valence-corrected chi connectivity index (χ4v) is 7.53. The van der Waals surface area contributed by atoms with Crippen molar-refractivity contribution in [3.05, 3.63) is 0 Å². The molecule has 6 nitrogen and oxygen atoms in total. The first-order valence-corrected chi connectivity index (χ1v) is 11.1. The van der Waals surface area contributed by atoms with Gasteiger partial charge >= 0.3 is 0 Å². The van der Waals surface area contributed by atoms with Crippen LogP contribution < -0.4 is 5.73 Å². The van der Waals surface area contributed by atoms with Gasteiger partial charge in [-0.05, 0) is 67.6 Å². The summed E-state index contributed by atoms with van der Waals surface area (Å²) in [5.41, 5.74) is 6.30. The minimum absolute atomic E-state index is 0.0149. The van der Waals surface area contributed by atoms with Gasteiger partial charge in [0.25, 0.3) is 0 Å². The Kier molecular flexibility index (Phi) is 5.34. The lowest BCUT2D eigenvalue weighted by Crippen LogP contribution is -2.62. The zero-order chi connectivity index (χ0) is 20.1. The highest BCUT2D eigenvalue weighted by atomic mass is 16.6. The van der Waals surface area contributed by atoms with Crippen molar-refractivity contribution in [2.75, 3.05) is 19.8 Å². The molecule has 0 aliphatic heterocycles. The number of oxime groups is 1. The molecule has 4 fully saturated rings. The second-order valence-corrected chi connectivity index (χ2v) is 10.1.